The predicted molar refractivity (Wildman–Crippen MR) is 66.1 cm³/mol. The van der Waals surface area contributed by atoms with Crippen LogP contribution in [0.25, 0.3) is 10.9 Å². The van der Waals surface area contributed by atoms with Gasteiger partial charge in [-0.3, -0.25) is 8.89 Å². The standard InChI is InChI=1S/C9H9IN2O2S/c1-12-8-3-2-6(5-15(13)14)4-7(8)9(10)11-12/h2-4H,5H2,1H3,(H,13,14)/p-1. The van der Waals surface area contributed by atoms with Gasteiger partial charge >= 0.3 is 0 Å². The molecule has 4 nitrogen and oxygen atoms in total. The van der Waals surface area contributed by atoms with E-state index in [1.807, 2.05) is 25.2 Å². The van der Waals surface area contributed by atoms with Crippen molar-refractivity contribution >= 4 is 44.6 Å². The molecule has 0 fully saturated rings. The van der Waals surface area contributed by atoms with Crippen molar-refractivity contribution in [2.75, 3.05) is 0 Å². The summed E-state index contributed by atoms with van der Waals surface area (Å²) >= 11 is 0.104. The van der Waals surface area contributed by atoms with Crippen molar-refractivity contribution in [3.63, 3.8) is 0 Å². The highest BCUT2D eigenvalue weighted by Gasteiger charge is 2.06. The van der Waals surface area contributed by atoms with Crippen molar-refractivity contribution in [1.82, 2.24) is 9.78 Å². The maximum absolute atomic E-state index is 10.6. The minimum Gasteiger partial charge on any atom is -0.772 e. The van der Waals surface area contributed by atoms with E-state index >= 15 is 0 Å². The van der Waals surface area contributed by atoms with Gasteiger partial charge in [0.2, 0.25) is 0 Å². The summed E-state index contributed by atoms with van der Waals surface area (Å²) in [6.07, 6.45) is 0. The summed E-state index contributed by atoms with van der Waals surface area (Å²) < 4.78 is 23.8. The maximum atomic E-state index is 10.6. The van der Waals surface area contributed by atoms with Crippen LogP contribution < -0.4 is 0 Å². The second kappa shape index (κ2) is 4.18. The lowest BCUT2D eigenvalue weighted by molar-refractivity contribution is 0.536. The molecule has 0 bridgehead atoms. The number of nitrogens with zero attached hydrogens (tertiary/aromatic N) is 2. The van der Waals surface area contributed by atoms with E-state index in [1.165, 1.54) is 0 Å². The number of aryl methyl sites for hydroxylation is 1. The molecule has 1 atom stereocenters. The van der Waals surface area contributed by atoms with Gasteiger partial charge < -0.3 is 4.55 Å². The van der Waals surface area contributed by atoms with Crippen LogP contribution in [-0.2, 0) is 23.9 Å². The average molecular weight is 335 g/mol. The third-order valence-corrected chi connectivity index (χ3v) is 3.52. The third-order valence-electron chi connectivity index (χ3n) is 2.15. The molecule has 0 amide bonds. The van der Waals surface area contributed by atoms with E-state index in [-0.39, 0.29) is 5.75 Å². The van der Waals surface area contributed by atoms with Gasteiger partial charge in [-0.25, -0.2) is 0 Å². The molecular weight excluding hydrogens is 327 g/mol. The molecule has 0 aliphatic rings. The molecule has 2 aromatic rings. The lowest BCUT2D eigenvalue weighted by atomic mass is 10.2. The SMILES string of the molecule is Cn1nc(I)c2cc(CS(=O)[O-])ccc21. The molecule has 0 N–H and O–H groups in total. The fourth-order valence-electron chi connectivity index (χ4n) is 1.50. The molecule has 0 spiro atoms. The molecular formula is C9H8IN2O2S-. The molecule has 1 unspecified atom stereocenters. The molecule has 1 heterocycles. The molecule has 0 saturated heterocycles. The summed E-state index contributed by atoms with van der Waals surface area (Å²) in [6.45, 7) is 0. The molecule has 0 aliphatic heterocycles. The van der Waals surface area contributed by atoms with E-state index in [0.717, 1.165) is 20.2 Å². The molecule has 6 heteroatoms. The minimum atomic E-state index is -2.04. The van der Waals surface area contributed by atoms with E-state index in [1.54, 1.807) is 4.68 Å². The summed E-state index contributed by atoms with van der Waals surface area (Å²) in [5.74, 6) is 0.0565. The van der Waals surface area contributed by atoms with Gasteiger partial charge in [-0.2, -0.15) is 5.10 Å². The summed E-state index contributed by atoms with van der Waals surface area (Å²) in [5, 5.41) is 5.26. The Hall–Kier alpha value is -0.470. The van der Waals surface area contributed by atoms with Gasteiger partial charge in [0.1, 0.15) is 3.70 Å². The van der Waals surface area contributed by atoms with Crippen LogP contribution in [0.5, 0.6) is 0 Å². The maximum Gasteiger partial charge on any atom is 0.131 e. The first-order valence-corrected chi connectivity index (χ1v) is 6.57. The Labute approximate surface area is 103 Å². The smallest absolute Gasteiger partial charge is 0.131 e. The Morgan fingerprint density at radius 1 is 1.60 bits per heavy atom. The van der Waals surface area contributed by atoms with Gasteiger partial charge in [-0.05, 0) is 40.3 Å². The quantitative estimate of drug-likeness (QED) is 0.618. The Bertz CT molecular complexity index is 538. The van der Waals surface area contributed by atoms with E-state index in [2.05, 4.69) is 27.7 Å². The molecule has 0 saturated carbocycles. The first-order chi connectivity index (χ1) is 7.08. The zero-order valence-corrected chi connectivity index (χ0v) is 10.9. The largest absolute Gasteiger partial charge is 0.772 e. The monoisotopic (exact) mass is 335 g/mol. The molecule has 2 rings (SSSR count). The highest BCUT2D eigenvalue weighted by atomic mass is 127. The molecule has 1 aromatic carbocycles. The topological polar surface area (TPSA) is 58.0 Å². The molecule has 1 aromatic heterocycles. The number of hydrogen-bond donors (Lipinski definition) is 0. The van der Waals surface area contributed by atoms with E-state index in [0.29, 0.717) is 0 Å². The zero-order chi connectivity index (χ0) is 11.0. The van der Waals surface area contributed by atoms with Crippen molar-refractivity contribution in [1.29, 1.82) is 0 Å². The fraction of sp³-hybridized carbons (Fsp3) is 0.222. The van der Waals surface area contributed by atoms with E-state index < -0.39 is 11.1 Å². The summed E-state index contributed by atoms with van der Waals surface area (Å²) in [5.41, 5.74) is 1.81. The number of rotatable bonds is 2. The first kappa shape index (κ1) is 11.0. The second-order valence-electron chi connectivity index (χ2n) is 3.21. The zero-order valence-electron chi connectivity index (χ0n) is 7.94. The van der Waals surface area contributed by atoms with Gasteiger partial charge in [-0.1, -0.05) is 17.1 Å². The highest BCUT2D eigenvalue weighted by molar-refractivity contribution is 14.1. The number of aromatic nitrogens is 2. The minimum absolute atomic E-state index is 0.0565. The molecule has 80 valence electrons. The molecule has 0 radical (unpaired) electrons. The second-order valence-corrected chi connectivity index (χ2v) is 5.13. The fourth-order valence-corrected chi connectivity index (χ4v) is 2.70. The molecule has 15 heavy (non-hydrogen) atoms. The van der Waals surface area contributed by atoms with Gasteiger partial charge in [0.15, 0.2) is 0 Å². The van der Waals surface area contributed by atoms with Crippen LogP contribution in [0.2, 0.25) is 0 Å². The average Bonchev–Trinajstić information content (AvgIpc) is 2.41. The molecule has 0 aliphatic carbocycles. The van der Waals surface area contributed by atoms with Gasteiger partial charge in [-0.15, -0.1) is 0 Å². The summed E-state index contributed by atoms with van der Waals surface area (Å²) in [7, 11) is 1.87. The lowest BCUT2D eigenvalue weighted by Crippen LogP contribution is -1.93. The predicted octanol–water partition coefficient (Wildman–Crippen LogP) is 1.56. The van der Waals surface area contributed by atoms with Crippen LogP contribution in [0.3, 0.4) is 0 Å². The Morgan fingerprint density at radius 3 is 3.00 bits per heavy atom. The van der Waals surface area contributed by atoms with Crippen molar-refractivity contribution in [3.05, 3.63) is 27.5 Å². The normalized spacial score (nSPS) is 13.3. The van der Waals surface area contributed by atoms with Gasteiger partial charge in [0.05, 0.1) is 5.52 Å². The Morgan fingerprint density at radius 2 is 2.33 bits per heavy atom. The summed E-state index contributed by atoms with van der Waals surface area (Å²) in [4.78, 5) is 0. The van der Waals surface area contributed by atoms with Crippen LogP contribution in [0.4, 0.5) is 0 Å². The van der Waals surface area contributed by atoms with Gasteiger partial charge in [0, 0.05) is 18.2 Å². The third kappa shape index (κ3) is 2.21. The van der Waals surface area contributed by atoms with Crippen LogP contribution in [0.15, 0.2) is 18.2 Å². The number of hydrogen-bond acceptors (Lipinski definition) is 3. The number of halogens is 1. The number of benzene rings is 1. The van der Waals surface area contributed by atoms with Crippen molar-refractivity contribution in [2.24, 2.45) is 7.05 Å². The van der Waals surface area contributed by atoms with E-state index in [9.17, 15) is 8.76 Å². The Kier molecular flexibility index (Phi) is 3.08. The Balaban J connectivity index is 2.55. The van der Waals surface area contributed by atoms with Crippen molar-refractivity contribution in [3.8, 4) is 0 Å². The van der Waals surface area contributed by atoms with Crippen LogP contribution in [-0.4, -0.2) is 18.5 Å². The van der Waals surface area contributed by atoms with Crippen LogP contribution >= 0.6 is 22.6 Å². The van der Waals surface area contributed by atoms with Crippen molar-refractivity contribution < 1.29 is 8.76 Å². The first-order valence-electron chi connectivity index (χ1n) is 4.25. The van der Waals surface area contributed by atoms with Crippen LogP contribution in [0, 0.1) is 3.70 Å². The van der Waals surface area contributed by atoms with Gasteiger partial charge in [0.25, 0.3) is 0 Å². The van der Waals surface area contributed by atoms with Crippen molar-refractivity contribution in [2.45, 2.75) is 5.75 Å². The lowest BCUT2D eigenvalue weighted by Gasteiger charge is -2.04. The summed E-state index contributed by atoms with van der Waals surface area (Å²) in [6, 6.07) is 5.59. The number of fused-ring (bicyclic) bond motifs is 1. The highest BCUT2D eigenvalue weighted by Crippen LogP contribution is 2.21. The van der Waals surface area contributed by atoms with Crippen LogP contribution in [0.1, 0.15) is 5.56 Å². The van der Waals surface area contributed by atoms with E-state index in [4.69, 9.17) is 0 Å².